The molecule has 2 aromatic rings. The van der Waals surface area contributed by atoms with Crippen molar-refractivity contribution in [2.24, 2.45) is 5.73 Å². The molecule has 0 aliphatic heterocycles. The summed E-state index contributed by atoms with van der Waals surface area (Å²) in [6, 6.07) is 11.4. The summed E-state index contributed by atoms with van der Waals surface area (Å²) >= 11 is 0. The van der Waals surface area contributed by atoms with E-state index in [9.17, 15) is 0 Å². The molecule has 112 valence electrons. The molecule has 3 rings (SSSR count). The van der Waals surface area contributed by atoms with Crippen molar-refractivity contribution in [2.45, 2.75) is 51.0 Å². The quantitative estimate of drug-likeness (QED) is 0.915. The lowest BCUT2D eigenvalue weighted by atomic mass is 9.78. The highest BCUT2D eigenvalue weighted by Crippen LogP contribution is 2.40. The molecule has 3 nitrogen and oxygen atoms in total. The lowest BCUT2D eigenvalue weighted by Gasteiger charge is -2.28. The van der Waals surface area contributed by atoms with Gasteiger partial charge in [0.25, 0.3) is 0 Å². The van der Waals surface area contributed by atoms with Crippen molar-refractivity contribution in [3.05, 3.63) is 53.3 Å². The van der Waals surface area contributed by atoms with Gasteiger partial charge < -0.3 is 5.73 Å². The van der Waals surface area contributed by atoms with Crippen LogP contribution < -0.4 is 5.73 Å². The Morgan fingerprint density at radius 3 is 2.90 bits per heavy atom. The Morgan fingerprint density at radius 1 is 1.33 bits per heavy atom. The van der Waals surface area contributed by atoms with Gasteiger partial charge in [-0.25, -0.2) is 0 Å². The zero-order valence-corrected chi connectivity index (χ0v) is 13.0. The normalized spacial score (nSPS) is 22.2. The molecule has 2 unspecified atom stereocenters. The van der Waals surface area contributed by atoms with Crippen molar-refractivity contribution in [1.82, 2.24) is 9.78 Å². The van der Waals surface area contributed by atoms with Gasteiger partial charge in [0.2, 0.25) is 0 Å². The van der Waals surface area contributed by atoms with Crippen LogP contribution in [0.5, 0.6) is 0 Å². The molecule has 3 heteroatoms. The monoisotopic (exact) mass is 283 g/mol. The van der Waals surface area contributed by atoms with Crippen molar-refractivity contribution in [2.75, 3.05) is 6.54 Å². The first-order valence-electron chi connectivity index (χ1n) is 8.01. The van der Waals surface area contributed by atoms with Crippen molar-refractivity contribution < 1.29 is 0 Å². The lowest BCUT2D eigenvalue weighted by Crippen LogP contribution is -2.35. The number of nitrogens with zero attached hydrogens (tertiary/aromatic N) is 2. The molecule has 1 aromatic heterocycles. The van der Waals surface area contributed by atoms with Crippen molar-refractivity contribution in [1.29, 1.82) is 0 Å². The second kappa shape index (κ2) is 5.64. The van der Waals surface area contributed by atoms with E-state index in [1.165, 1.54) is 11.1 Å². The number of aryl methyl sites for hydroxylation is 1. The van der Waals surface area contributed by atoms with Crippen LogP contribution in [0.4, 0.5) is 0 Å². The van der Waals surface area contributed by atoms with Gasteiger partial charge in [0.1, 0.15) is 0 Å². The van der Waals surface area contributed by atoms with E-state index < -0.39 is 0 Å². The van der Waals surface area contributed by atoms with E-state index in [2.05, 4.69) is 55.1 Å². The van der Waals surface area contributed by atoms with E-state index in [1.807, 2.05) is 0 Å². The zero-order valence-electron chi connectivity index (χ0n) is 13.0. The standard InChI is InChI=1S/C18H25N3/c1-3-14(2)21-11-9-16(20-21)12-18(13-19)10-8-15-6-4-5-7-17(15)18/h4-7,9,11,14H,3,8,10,12-13,19H2,1-2H3. The summed E-state index contributed by atoms with van der Waals surface area (Å²) in [5, 5.41) is 4.77. The van der Waals surface area contributed by atoms with Crippen LogP contribution in [-0.4, -0.2) is 16.3 Å². The zero-order chi connectivity index (χ0) is 14.9. The van der Waals surface area contributed by atoms with Gasteiger partial charge in [0, 0.05) is 30.6 Å². The molecule has 1 aliphatic carbocycles. The van der Waals surface area contributed by atoms with Crippen LogP contribution in [0.3, 0.4) is 0 Å². The number of aromatic nitrogens is 2. The summed E-state index contributed by atoms with van der Waals surface area (Å²) < 4.78 is 2.08. The van der Waals surface area contributed by atoms with Crippen LogP contribution >= 0.6 is 0 Å². The summed E-state index contributed by atoms with van der Waals surface area (Å²) in [7, 11) is 0. The van der Waals surface area contributed by atoms with Gasteiger partial charge in [-0.1, -0.05) is 31.2 Å². The average molecular weight is 283 g/mol. The third-order valence-corrected chi connectivity index (χ3v) is 5.08. The van der Waals surface area contributed by atoms with Crippen molar-refractivity contribution in [3.63, 3.8) is 0 Å². The number of rotatable bonds is 5. The van der Waals surface area contributed by atoms with Crippen LogP contribution in [0.25, 0.3) is 0 Å². The molecule has 0 spiro atoms. The number of hydrogen-bond donors (Lipinski definition) is 1. The molecule has 0 radical (unpaired) electrons. The first-order valence-corrected chi connectivity index (χ1v) is 8.01. The topological polar surface area (TPSA) is 43.8 Å². The van der Waals surface area contributed by atoms with Gasteiger partial charge in [0.05, 0.1) is 5.69 Å². The van der Waals surface area contributed by atoms with E-state index in [0.717, 1.165) is 31.4 Å². The Kier molecular flexibility index (Phi) is 3.85. The van der Waals surface area contributed by atoms with Crippen LogP contribution in [-0.2, 0) is 18.3 Å². The molecular weight excluding hydrogens is 258 g/mol. The Morgan fingerprint density at radius 2 is 2.14 bits per heavy atom. The third-order valence-electron chi connectivity index (χ3n) is 5.08. The van der Waals surface area contributed by atoms with Crippen LogP contribution in [0.1, 0.15) is 49.6 Å². The Balaban J connectivity index is 1.87. The summed E-state index contributed by atoms with van der Waals surface area (Å²) in [5.74, 6) is 0. The smallest absolute Gasteiger partial charge is 0.0634 e. The fourth-order valence-corrected chi connectivity index (χ4v) is 3.48. The molecule has 0 fully saturated rings. The fourth-order valence-electron chi connectivity index (χ4n) is 3.48. The summed E-state index contributed by atoms with van der Waals surface area (Å²) in [5.41, 5.74) is 10.3. The number of nitrogens with two attached hydrogens (primary N) is 1. The van der Waals surface area contributed by atoms with E-state index in [4.69, 9.17) is 10.8 Å². The van der Waals surface area contributed by atoms with Crippen LogP contribution in [0.15, 0.2) is 36.5 Å². The first-order chi connectivity index (χ1) is 10.2. The van der Waals surface area contributed by atoms with Gasteiger partial charge in [0.15, 0.2) is 0 Å². The molecule has 0 saturated carbocycles. The second-order valence-electron chi connectivity index (χ2n) is 6.36. The molecule has 0 amide bonds. The number of benzene rings is 1. The average Bonchev–Trinajstić information content (AvgIpc) is 3.13. The molecule has 2 atom stereocenters. The molecule has 0 saturated heterocycles. The summed E-state index contributed by atoms with van der Waals surface area (Å²) in [6.45, 7) is 5.10. The van der Waals surface area contributed by atoms with Crippen LogP contribution in [0.2, 0.25) is 0 Å². The molecule has 0 bridgehead atoms. The predicted molar refractivity (Wildman–Crippen MR) is 86.4 cm³/mol. The van der Waals surface area contributed by atoms with E-state index in [1.54, 1.807) is 0 Å². The van der Waals surface area contributed by atoms with Gasteiger partial charge in [-0.05, 0) is 43.4 Å². The van der Waals surface area contributed by atoms with Crippen molar-refractivity contribution in [3.8, 4) is 0 Å². The minimum Gasteiger partial charge on any atom is -0.330 e. The maximum atomic E-state index is 6.19. The largest absolute Gasteiger partial charge is 0.330 e. The Bertz CT molecular complexity index is 616. The van der Waals surface area contributed by atoms with Gasteiger partial charge >= 0.3 is 0 Å². The number of fused-ring (bicyclic) bond motifs is 1. The maximum Gasteiger partial charge on any atom is 0.0634 e. The first kappa shape index (κ1) is 14.3. The predicted octanol–water partition coefficient (Wildman–Crippen LogP) is 3.24. The van der Waals surface area contributed by atoms with Gasteiger partial charge in [-0.15, -0.1) is 0 Å². The molecule has 2 N–H and O–H groups in total. The van der Waals surface area contributed by atoms with Gasteiger partial charge in [-0.3, -0.25) is 4.68 Å². The van der Waals surface area contributed by atoms with Gasteiger partial charge in [-0.2, -0.15) is 5.10 Å². The molecule has 1 aliphatic rings. The minimum absolute atomic E-state index is 0.0746. The summed E-state index contributed by atoms with van der Waals surface area (Å²) in [4.78, 5) is 0. The Hall–Kier alpha value is -1.61. The lowest BCUT2D eigenvalue weighted by molar-refractivity contribution is 0.417. The molecule has 1 heterocycles. The Labute approximate surface area is 127 Å². The molecule has 21 heavy (non-hydrogen) atoms. The maximum absolute atomic E-state index is 6.19. The van der Waals surface area contributed by atoms with Crippen molar-refractivity contribution >= 4 is 0 Å². The van der Waals surface area contributed by atoms with Crippen LogP contribution in [0, 0.1) is 0 Å². The highest BCUT2D eigenvalue weighted by atomic mass is 15.3. The van der Waals surface area contributed by atoms with E-state index in [-0.39, 0.29) is 5.41 Å². The van der Waals surface area contributed by atoms with E-state index in [0.29, 0.717) is 12.6 Å². The second-order valence-corrected chi connectivity index (χ2v) is 6.36. The molecule has 1 aromatic carbocycles. The SMILES string of the molecule is CCC(C)n1ccc(CC2(CN)CCc3ccccc32)n1. The summed E-state index contributed by atoms with van der Waals surface area (Å²) in [6.07, 6.45) is 6.43. The highest BCUT2D eigenvalue weighted by molar-refractivity contribution is 5.40. The fraction of sp³-hybridized carbons (Fsp3) is 0.500. The molecular formula is C18H25N3. The third kappa shape index (κ3) is 2.51. The number of hydrogen-bond acceptors (Lipinski definition) is 2. The van der Waals surface area contributed by atoms with E-state index >= 15 is 0 Å². The highest BCUT2D eigenvalue weighted by Gasteiger charge is 2.37. The minimum atomic E-state index is 0.0746.